The summed E-state index contributed by atoms with van der Waals surface area (Å²) in [5.74, 6) is -2.40. The number of benzene rings is 1. The van der Waals surface area contributed by atoms with Gasteiger partial charge in [0.15, 0.2) is 5.69 Å². The Bertz CT molecular complexity index is 1030. The molecule has 3 heterocycles. The van der Waals surface area contributed by atoms with Crippen LogP contribution in [-0.2, 0) is 22.5 Å². The number of hydroxylamine groups is 2. The third-order valence-corrected chi connectivity index (χ3v) is 4.71. The molecule has 0 saturated carbocycles. The molecule has 1 aromatic carbocycles. The number of rotatable bonds is 2. The first-order valence-corrected chi connectivity index (χ1v) is 9.40. The van der Waals surface area contributed by atoms with Crippen LogP contribution in [0.15, 0.2) is 24.3 Å². The van der Waals surface area contributed by atoms with Gasteiger partial charge in [-0.05, 0) is 32.9 Å². The highest BCUT2D eigenvalue weighted by Crippen LogP contribution is 2.26. The van der Waals surface area contributed by atoms with Crippen LogP contribution >= 0.6 is 0 Å². The van der Waals surface area contributed by atoms with Crippen molar-refractivity contribution in [2.45, 2.75) is 39.3 Å². The average molecular weight is 412 g/mol. The molecule has 2 aliphatic heterocycles. The van der Waals surface area contributed by atoms with Gasteiger partial charge in [0, 0.05) is 24.2 Å². The van der Waals surface area contributed by atoms with Gasteiger partial charge in [0.25, 0.3) is 11.8 Å². The summed E-state index contributed by atoms with van der Waals surface area (Å²) in [6.07, 6.45) is -0.0592. The van der Waals surface area contributed by atoms with Gasteiger partial charge in [-0.25, -0.2) is 9.59 Å². The maximum absolute atomic E-state index is 12.7. The van der Waals surface area contributed by atoms with Crippen LogP contribution in [0.5, 0.6) is 0 Å². The zero-order valence-electron chi connectivity index (χ0n) is 16.7. The highest BCUT2D eigenvalue weighted by atomic mass is 16.7. The first-order valence-electron chi connectivity index (χ1n) is 9.40. The predicted octanol–water partition coefficient (Wildman–Crippen LogP) is 2.07. The number of fused-ring (bicyclic) bond motifs is 2. The van der Waals surface area contributed by atoms with E-state index >= 15 is 0 Å². The Labute approximate surface area is 171 Å². The number of carbonyl (C=O) groups is 4. The highest BCUT2D eigenvalue weighted by molar-refractivity contribution is 6.21. The molecule has 2 aliphatic rings. The number of nitrogens with one attached hydrogen (secondary N) is 1. The molecule has 0 spiro atoms. The minimum atomic E-state index is -0.965. The lowest BCUT2D eigenvalue weighted by atomic mass is 10.1. The largest absolute Gasteiger partial charge is 0.444 e. The molecule has 1 aromatic heterocycles. The molecule has 4 rings (SSSR count). The van der Waals surface area contributed by atoms with Crippen LogP contribution in [0.1, 0.15) is 63.2 Å². The summed E-state index contributed by atoms with van der Waals surface area (Å²) >= 11 is 0. The summed E-state index contributed by atoms with van der Waals surface area (Å²) in [7, 11) is 0. The Hall–Kier alpha value is -3.69. The second-order valence-electron chi connectivity index (χ2n) is 8.01. The van der Waals surface area contributed by atoms with Gasteiger partial charge in [0.1, 0.15) is 5.60 Å². The van der Waals surface area contributed by atoms with Crippen molar-refractivity contribution >= 4 is 23.9 Å². The number of ether oxygens (including phenoxy) is 1. The van der Waals surface area contributed by atoms with E-state index in [2.05, 4.69) is 10.2 Å². The number of H-pyrrole nitrogens is 1. The van der Waals surface area contributed by atoms with Crippen molar-refractivity contribution < 1.29 is 28.8 Å². The Kier molecular flexibility index (Phi) is 4.56. The zero-order chi connectivity index (χ0) is 21.6. The summed E-state index contributed by atoms with van der Waals surface area (Å²) in [6, 6.07) is 6.20. The average Bonchev–Trinajstić information content (AvgIpc) is 3.21. The second-order valence-corrected chi connectivity index (χ2v) is 8.01. The van der Waals surface area contributed by atoms with Crippen molar-refractivity contribution in [3.05, 3.63) is 52.3 Å². The van der Waals surface area contributed by atoms with Gasteiger partial charge in [0.05, 0.1) is 17.7 Å². The number of amides is 3. The van der Waals surface area contributed by atoms with Crippen molar-refractivity contribution in [2.75, 3.05) is 6.54 Å². The molecule has 1 N–H and O–H groups in total. The van der Waals surface area contributed by atoms with Crippen LogP contribution in [0.3, 0.4) is 0 Å². The summed E-state index contributed by atoms with van der Waals surface area (Å²) in [5.41, 5.74) is 0.736. The Morgan fingerprint density at radius 1 is 1.10 bits per heavy atom. The summed E-state index contributed by atoms with van der Waals surface area (Å²) in [6.45, 7) is 5.79. The molecular formula is C20H20N4O6. The lowest BCUT2D eigenvalue weighted by Crippen LogP contribution is -2.40. The molecule has 30 heavy (non-hydrogen) atoms. The van der Waals surface area contributed by atoms with Crippen LogP contribution in [0.25, 0.3) is 0 Å². The van der Waals surface area contributed by atoms with E-state index in [4.69, 9.17) is 9.57 Å². The molecule has 0 bridgehead atoms. The normalized spacial score (nSPS) is 15.7. The minimum absolute atomic E-state index is 0.0881. The molecule has 0 saturated heterocycles. The van der Waals surface area contributed by atoms with Gasteiger partial charge < -0.3 is 14.5 Å². The molecule has 0 unspecified atom stereocenters. The lowest BCUT2D eigenvalue weighted by molar-refractivity contribution is -0.0589. The summed E-state index contributed by atoms with van der Waals surface area (Å²) in [4.78, 5) is 56.4. The highest BCUT2D eigenvalue weighted by Gasteiger charge is 2.40. The number of nitrogens with zero attached hydrogens (tertiary/aromatic N) is 3. The Morgan fingerprint density at radius 3 is 2.33 bits per heavy atom. The Balaban J connectivity index is 1.51. The number of aromatic nitrogens is 2. The van der Waals surface area contributed by atoms with Gasteiger partial charge in [-0.1, -0.05) is 17.2 Å². The van der Waals surface area contributed by atoms with E-state index in [0.29, 0.717) is 29.3 Å². The van der Waals surface area contributed by atoms with E-state index < -0.39 is 29.5 Å². The first kappa shape index (κ1) is 19.6. The van der Waals surface area contributed by atoms with E-state index in [-0.39, 0.29) is 23.4 Å². The molecular weight excluding hydrogens is 392 g/mol. The smallest absolute Gasteiger partial charge is 0.410 e. The van der Waals surface area contributed by atoms with Gasteiger partial charge >= 0.3 is 12.1 Å². The van der Waals surface area contributed by atoms with Crippen LogP contribution in [0, 0.1) is 0 Å². The molecule has 0 aliphatic carbocycles. The summed E-state index contributed by atoms with van der Waals surface area (Å²) < 4.78 is 5.38. The third kappa shape index (κ3) is 3.40. The first-order chi connectivity index (χ1) is 14.2. The van der Waals surface area contributed by atoms with Crippen LogP contribution < -0.4 is 0 Å². The van der Waals surface area contributed by atoms with Crippen LogP contribution in [0.4, 0.5) is 4.79 Å². The van der Waals surface area contributed by atoms with Crippen molar-refractivity contribution in [1.82, 2.24) is 20.2 Å². The topological polar surface area (TPSA) is 122 Å². The number of aromatic amines is 1. The minimum Gasteiger partial charge on any atom is -0.444 e. The second kappa shape index (κ2) is 6.97. The molecule has 10 heteroatoms. The van der Waals surface area contributed by atoms with Crippen LogP contribution in [-0.4, -0.2) is 56.2 Å². The van der Waals surface area contributed by atoms with Crippen molar-refractivity contribution in [1.29, 1.82) is 0 Å². The maximum Gasteiger partial charge on any atom is 0.410 e. The van der Waals surface area contributed by atoms with E-state index in [1.807, 2.05) is 0 Å². The fourth-order valence-electron chi connectivity index (χ4n) is 3.32. The molecule has 3 amide bonds. The van der Waals surface area contributed by atoms with Crippen molar-refractivity contribution in [2.24, 2.45) is 0 Å². The fraction of sp³-hybridized carbons (Fsp3) is 0.350. The van der Waals surface area contributed by atoms with Gasteiger partial charge in [-0.3, -0.25) is 14.7 Å². The number of imide groups is 1. The molecule has 10 nitrogen and oxygen atoms in total. The standard InChI is InChI=1S/C20H20N4O6/c1-20(2,3)29-19(28)23-9-8-14-13(10-23)15(22-21-14)18(27)30-24-16(25)11-6-4-5-7-12(11)17(24)26/h4-7H,8-10H2,1-3H3,(H,21,22). The maximum atomic E-state index is 12.7. The quantitative estimate of drug-likeness (QED) is 0.749. The molecule has 0 fully saturated rings. The van der Waals surface area contributed by atoms with E-state index in [9.17, 15) is 19.2 Å². The number of carbonyl (C=O) groups excluding carboxylic acids is 4. The molecule has 2 aromatic rings. The van der Waals surface area contributed by atoms with E-state index in [1.165, 1.54) is 17.0 Å². The zero-order valence-corrected chi connectivity index (χ0v) is 16.7. The van der Waals surface area contributed by atoms with Gasteiger partial charge in [-0.2, -0.15) is 5.10 Å². The lowest BCUT2D eigenvalue weighted by Gasteiger charge is -2.30. The van der Waals surface area contributed by atoms with Crippen molar-refractivity contribution in [3.8, 4) is 0 Å². The Morgan fingerprint density at radius 2 is 1.73 bits per heavy atom. The van der Waals surface area contributed by atoms with E-state index in [1.54, 1.807) is 32.9 Å². The SMILES string of the molecule is CC(C)(C)OC(=O)N1CCc2[nH]nc(C(=O)ON3C(=O)c4ccccc4C3=O)c2C1. The van der Waals surface area contributed by atoms with Crippen molar-refractivity contribution in [3.63, 3.8) is 0 Å². The third-order valence-electron chi connectivity index (χ3n) is 4.71. The number of hydrogen-bond donors (Lipinski definition) is 1. The molecule has 156 valence electrons. The van der Waals surface area contributed by atoms with E-state index in [0.717, 1.165) is 0 Å². The molecule has 0 atom stereocenters. The fourth-order valence-corrected chi connectivity index (χ4v) is 3.32. The van der Waals surface area contributed by atoms with Crippen LogP contribution in [0.2, 0.25) is 0 Å². The van der Waals surface area contributed by atoms with Gasteiger partial charge in [0.2, 0.25) is 0 Å². The predicted molar refractivity (Wildman–Crippen MR) is 101 cm³/mol. The summed E-state index contributed by atoms with van der Waals surface area (Å²) in [5, 5.41) is 7.17. The monoisotopic (exact) mass is 412 g/mol. The number of hydrogen-bond acceptors (Lipinski definition) is 7. The molecule has 0 radical (unpaired) electrons. The van der Waals surface area contributed by atoms with Gasteiger partial charge in [-0.15, -0.1) is 0 Å².